The van der Waals surface area contributed by atoms with E-state index >= 15 is 0 Å². The van der Waals surface area contributed by atoms with Gasteiger partial charge in [0.05, 0.1) is 0 Å². The van der Waals surface area contributed by atoms with Gasteiger partial charge in [-0.25, -0.2) is 0 Å². The molecule has 1 aliphatic rings. The molecular weight excluding hydrogens is 178 g/mol. The molecule has 0 saturated heterocycles. The molecule has 0 amide bonds. The normalized spacial score (nSPS) is 25.2. The van der Waals surface area contributed by atoms with Crippen molar-refractivity contribution in [3.05, 3.63) is 5.89 Å². The molecule has 1 saturated carbocycles. The molecule has 0 spiro atoms. The van der Waals surface area contributed by atoms with Crippen LogP contribution in [0, 0.1) is 12.3 Å². The molecule has 2 rings (SSSR count). The van der Waals surface area contributed by atoms with E-state index in [1.807, 2.05) is 0 Å². The Hall–Kier alpha value is -1.06. The zero-order valence-electron chi connectivity index (χ0n) is 9.00. The van der Waals surface area contributed by atoms with Crippen LogP contribution in [0.1, 0.15) is 39.0 Å². The van der Waals surface area contributed by atoms with Crippen LogP contribution >= 0.6 is 0 Å². The highest BCUT2D eigenvalue weighted by atomic mass is 16.4. The second-order valence-corrected chi connectivity index (χ2v) is 4.87. The van der Waals surface area contributed by atoms with Crippen LogP contribution in [0.3, 0.4) is 0 Å². The quantitative estimate of drug-likeness (QED) is 0.787. The first kappa shape index (κ1) is 9.49. The van der Waals surface area contributed by atoms with Gasteiger partial charge >= 0.3 is 6.01 Å². The van der Waals surface area contributed by atoms with E-state index in [4.69, 9.17) is 4.42 Å². The van der Waals surface area contributed by atoms with Gasteiger partial charge in [0.1, 0.15) is 0 Å². The van der Waals surface area contributed by atoms with Gasteiger partial charge in [-0.2, -0.15) is 0 Å². The molecule has 1 heterocycles. The number of hydrogen-bond acceptors (Lipinski definition) is 4. The maximum atomic E-state index is 5.28. The predicted molar refractivity (Wildman–Crippen MR) is 54.1 cm³/mol. The number of anilines is 1. The average molecular weight is 195 g/mol. The first-order chi connectivity index (χ1) is 6.55. The van der Waals surface area contributed by atoms with Crippen LogP contribution in [-0.4, -0.2) is 16.2 Å². The molecule has 0 radical (unpaired) electrons. The SMILES string of the molecule is Cc1nnc(NC2CCC(C)(C)C2)o1. The topological polar surface area (TPSA) is 51.0 Å². The summed E-state index contributed by atoms with van der Waals surface area (Å²) >= 11 is 0. The molecule has 0 aliphatic heterocycles. The molecule has 1 aliphatic carbocycles. The van der Waals surface area contributed by atoms with Crippen LogP contribution in [0.25, 0.3) is 0 Å². The molecule has 4 heteroatoms. The summed E-state index contributed by atoms with van der Waals surface area (Å²) < 4.78 is 5.28. The largest absolute Gasteiger partial charge is 0.408 e. The fraction of sp³-hybridized carbons (Fsp3) is 0.800. The lowest BCUT2D eigenvalue weighted by atomic mass is 9.92. The van der Waals surface area contributed by atoms with Gasteiger partial charge in [-0.1, -0.05) is 18.9 Å². The highest BCUT2D eigenvalue weighted by molar-refractivity contribution is 5.20. The molecule has 1 atom stereocenters. The van der Waals surface area contributed by atoms with Crippen LogP contribution in [0.5, 0.6) is 0 Å². The molecule has 14 heavy (non-hydrogen) atoms. The van der Waals surface area contributed by atoms with Gasteiger partial charge in [-0.05, 0) is 24.7 Å². The van der Waals surface area contributed by atoms with Gasteiger partial charge in [0, 0.05) is 13.0 Å². The Kier molecular flexibility index (Phi) is 2.21. The van der Waals surface area contributed by atoms with E-state index < -0.39 is 0 Å². The summed E-state index contributed by atoms with van der Waals surface area (Å²) in [5.41, 5.74) is 0.451. The van der Waals surface area contributed by atoms with Gasteiger partial charge in [0.25, 0.3) is 0 Å². The Morgan fingerprint density at radius 2 is 2.21 bits per heavy atom. The van der Waals surface area contributed by atoms with Gasteiger partial charge in [-0.3, -0.25) is 0 Å². The summed E-state index contributed by atoms with van der Waals surface area (Å²) in [5, 5.41) is 11.0. The van der Waals surface area contributed by atoms with Gasteiger partial charge in [0.2, 0.25) is 5.89 Å². The Labute approximate surface area is 84.1 Å². The van der Waals surface area contributed by atoms with Crippen molar-refractivity contribution in [1.82, 2.24) is 10.2 Å². The van der Waals surface area contributed by atoms with Crippen molar-refractivity contribution in [3.63, 3.8) is 0 Å². The third-order valence-electron chi connectivity index (χ3n) is 2.82. The number of nitrogens with one attached hydrogen (secondary N) is 1. The van der Waals surface area contributed by atoms with Crippen molar-refractivity contribution in [2.45, 2.75) is 46.1 Å². The summed E-state index contributed by atoms with van der Waals surface area (Å²) in [6.45, 7) is 6.40. The number of nitrogens with zero attached hydrogens (tertiary/aromatic N) is 2. The summed E-state index contributed by atoms with van der Waals surface area (Å²) in [6, 6.07) is 1.05. The number of hydrogen-bond donors (Lipinski definition) is 1. The zero-order chi connectivity index (χ0) is 10.2. The maximum absolute atomic E-state index is 5.28. The van der Waals surface area contributed by atoms with Crippen LogP contribution < -0.4 is 5.32 Å². The predicted octanol–water partition coefficient (Wildman–Crippen LogP) is 2.37. The van der Waals surface area contributed by atoms with E-state index in [0.29, 0.717) is 23.4 Å². The van der Waals surface area contributed by atoms with Crippen LogP contribution in [-0.2, 0) is 0 Å². The second-order valence-electron chi connectivity index (χ2n) is 4.87. The smallest absolute Gasteiger partial charge is 0.315 e. The second kappa shape index (κ2) is 3.26. The molecule has 1 N–H and O–H groups in total. The Balaban J connectivity index is 1.94. The number of aryl methyl sites for hydroxylation is 1. The highest BCUT2D eigenvalue weighted by Gasteiger charge is 2.31. The van der Waals surface area contributed by atoms with E-state index in [1.54, 1.807) is 6.92 Å². The average Bonchev–Trinajstić information content (AvgIpc) is 2.59. The maximum Gasteiger partial charge on any atom is 0.315 e. The molecule has 1 aromatic heterocycles. The molecule has 4 nitrogen and oxygen atoms in total. The monoisotopic (exact) mass is 195 g/mol. The van der Waals surface area contributed by atoms with E-state index in [1.165, 1.54) is 19.3 Å². The van der Waals surface area contributed by atoms with Crippen LogP contribution in [0.15, 0.2) is 4.42 Å². The molecule has 1 fully saturated rings. The lowest BCUT2D eigenvalue weighted by Gasteiger charge is -2.16. The summed E-state index contributed by atoms with van der Waals surface area (Å²) in [7, 11) is 0. The summed E-state index contributed by atoms with van der Waals surface area (Å²) in [6.07, 6.45) is 3.63. The molecule has 1 unspecified atom stereocenters. The van der Waals surface area contributed by atoms with Crippen molar-refractivity contribution in [3.8, 4) is 0 Å². The minimum absolute atomic E-state index is 0.451. The van der Waals surface area contributed by atoms with Crippen molar-refractivity contribution in [1.29, 1.82) is 0 Å². The van der Waals surface area contributed by atoms with Crippen LogP contribution in [0.2, 0.25) is 0 Å². The molecule has 0 bridgehead atoms. The standard InChI is InChI=1S/C10H17N3O/c1-7-12-13-9(14-7)11-8-4-5-10(2,3)6-8/h8H,4-6H2,1-3H3,(H,11,13). The van der Waals surface area contributed by atoms with E-state index in [0.717, 1.165) is 0 Å². The minimum Gasteiger partial charge on any atom is -0.408 e. The lowest BCUT2D eigenvalue weighted by Crippen LogP contribution is -2.17. The molecular formula is C10H17N3O. The lowest BCUT2D eigenvalue weighted by molar-refractivity contribution is 0.377. The van der Waals surface area contributed by atoms with E-state index in [2.05, 4.69) is 29.4 Å². The number of aromatic nitrogens is 2. The summed E-state index contributed by atoms with van der Waals surface area (Å²) in [5.74, 6) is 0.616. The zero-order valence-corrected chi connectivity index (χ0v) is 9.00. The number of rotatable bonds is 2. The Morgan fingerprint density at radius 1 is 1.43 bits per heavy atom. The van der Waals surface area contributed by atoms with E-state index in [9.17, 15) is 0 Å². The molecule has 78 valence electrons. The van der Waals surface area contributed by atoms with Crippen molar-refractivity contribution >= 4 is 6.01 Å². The molecule has 0 aromatic carbocycles. The Bertz CT molecular complexity index is 319. The fourth-order valence-corrected chi connectivity index (χ4v) is 2.09. The minimum atomic E-state index is 0.451. The van der Waals surface area contributed by atoms with E-state index in [-0.39, 0.29) is 0 Å². The Morgan fingerprint density at radius 3 is 2.71 bits per heavy atom. The fourth-order valence-electron chi connectivity index (χ4n) is 2.09. The van der Waals surface area contributed by atoms with Gasteiger partial charge < -0.3 is 9.73 Å². The third-order valence-corrected chi connectivity index (χ3v) is 2.82. The summed E-state index contributed by atoms with van der Waals surface area (Å²) in [4.78, 5) is 0. The van der Waals surface area contributed by atoms with Gasteiger partial charge in [0.15, 0.2) is 0 Å². The van der Waals surface area contributed by atoms with Crippen molar-refractivity contribution in [2.75, 3.05) is 5.32 Å². The third kappa shape index (κ3) is 2.05. The van der Waals surface area contributed by atoms with Crippen molar-refractivity contribution in [2.24, 2.45) is 5.41 Å². The van der Waals surface area contributed by atoms with Crippen molar-refractivity contribution < 1.29 is 4.42 Å². The first-order valence-electron chi connectivity index (χ1n) is 5.12. The van der Waals surface area contributed by atoms with Crippen LogP contribution in [0.4, 0.5) is 6.01 Å². The molecule has 1 aromatic rings. The first-order valence-corrected chi connectivity index (χ1v) is 5.12. The highest BCUT2D eigenvalue weighted by Crippen LogP contribution is 2.38. The van der Waals surface area contributed by atoms with Gasteiger partial charge in [-0.15, -0.1) is 5.10 Å².